The summed E-state index contributed by atoms with van der Waals surface area (Å²) in [5.74, 6) is 1.57. The lowest BCUT2D eigenvalue weighted by Gasteiger charge is -2.38. The average molecular weight is 432 g/mol. The van der Waals surface area contributed by atoms with E-state index < -0.39 is 0 Å². The van der Waals surface area contributed by atoms with Gasteiger partial charge in [-0.15, -0.1) is 0 Å². The maximum absolute atomic E-state index is 12.7. The van der Waals surface area contributed by atoms with Crippen LogP contribution in [0.5, 0.6) is 5.75 Å². The number of quaternary nitrogens is 1. The quantitative estimate of drug-likeness (QED) is 0.590. The van der Waals surface area contributed by atoms with E-state index in [2.05, 4.69) is 17.6 Å². The van der Waals surface area contributed by atoms with Gasteiger partial charge in [0, 0.05) is 31.3 Å². The Bertz CT molecular complexity index is 721. The molecule has 2 saturated heterocycles. The third-order valence-electron chi connectivity index (χ3n) is 6.83. The number of anilines is 1. The summed E-state index contributed by atoms with van der Waals surface area (Å²) in [7, 11) is 1.61. The van der Waals surface area contributed by atoms with Gasteiger partial charge in [-0.05, 0) is 49.7 Å². The first kappa shape index (κ1) is 23.4. The van der Waals surface area contributed by atoms with Crippen LogP contribution in [0.4, 0.5) is 10.5 Å². The molecule has 1 aromatic carbocycles. The molecule has 0 saturated carbocycles. The summed E-state index contributed by atoms with van der Waals surface area (Å²) in [6, 6.07) is 7.31. The monoisotopic (exact) mass is 431 g/mol. The summed E-state index contributed by atoms with van der Waals surface area (Å²) in [5, 5.41) is 6.11. The first-order valence-corrected chi connectivity index (χ1v) is 11.9. The third kappa shape index (κ3) is 7.13. The molecule has 7 nitrogen and oxygen atoms in total. The number of amides is 3. The SMILES string of the molecule is CC[C@H]1CN(C(=O)Nc2cccc(OC)c2)CC[C@H]1CC(=O)NCC[NH+]1CCCCC1. The molecule has 2 aliphatic rings. The predicted molar refractivity (Wildman–Crippen MR) is 123 cm³/mol. The van der Waals surface area contributed by atoms with E-state index in [1.165, 1.54) is 32.4 Å². The molecule has 3 N–H and O–H groups in total. The van der Waals surface area contributed by atoms with Crippen LogP contribution in [0, 0.1) is 11.8 Å². The number of benzene rings is 1. The van der Waals surface area contributed by atoms with Crippen molar-refractivity contribution in [3.05, 3.63) is 24.3 Å². The van der Waals surface area contributed by atoms with E-state index in [0.717, 1.165) is 37.4 Å². The molecular weight excluding hydrogens is 392 g/mol. The first-order chi connectivity index (χ1) is 15.1. The van der Waals surface area contributed by atoms with Gasteiger partial charge in [0.05, 0.1) is 33.3 Å². The molecule has 2 heterocycles. The highest BCUT2D eigenvalue weighted by atomic mass is 16.5. The van der Waals surface area contributed by atoms with E-state index in [9.17, 15) is 9.59 Å². The molecule has 3 rings (SSSR count). The Kier molecular flexibility index (Phi) is 9.00. The minimum Gasteiger partial charge on any atom is -0.497 e. The number of carbonyl (C=O) groups is 2. The van der Waals surface area contributed by atoms with Gasteiger partial charge in [0.25, 0.3) is 0 Å². The minimum atomic E-state index is -0.0842. The number of hydrogen-bond donors (Lipinski definition) is 3. The highest BCUT2D eigenvalue weighted by molar-refractivity contribution is 5.89. The molecule has 2 fully saturated rings. The molecule has 7 heteroatoms. The van der Waals surface area contributed by atoms with Gasteiger partial charge in [0.15, 0.2) is 0 Å². The van der Waals surface area contributed by atoms with Crippen molar-refractivity contribution in [1.29, 1.82) is 0 Å². The zero-order valence-corrected chi connectivity index (χ0v) is 19.1. The largest absolute Gasteiger partial charge is 0.497 e. The van der Waals surface area contributed by atoms with Crippen LogP contribution in [-0.4, -0.2) is 63.2 Å². The zero-order valence-electron chi connectivity index (χ0n) is 19.1. The van der Waals surface area contributed by atoms with Crippen molar-refractivity contribution in [3.63, 3.8) is 0 Å². The first-order valence-electron chi connectivity index (χ1n) is 11.9. The second-order valence-electron chi connectivity index (χ2n) is 8.94. The van der Waals surface area contributed by atoms with Crippen LogP contribution in [0.1, 0.15) is 45.4 Å². The highest BCUT2D eigenvalue weighted by Crippen LogP contribution is 2.29. The molecular formula is C24H39N4O3+. The van der Waals surface area contributed by atoms with E-state index in [1.807, 2.05) is 29.2 Å². The zero-order chi connectivity index (χ0) is 22.1. The Morgan fingerprint density at radius 3 is 2.74 bits per heavy atom. The standard InChI is InChI=1S/C24H38N4O3/c1-3-19-18-28(24(30)26-21-8-7-9-22(17-21)31-2)14-10-20(19)16-23(29)25-11-15-27-12-5-4-6-13-27/h7-9,17,19-20H,3-6,10-16,18H2,1-2H3,(H,25,29)(H,26,30)/p+1/t19-,20-/m0/s1. The smallest absolute Gasteiger partial charge is 0.321 e. The number of nitrogens with zero attached hydrogens (tertiary/aromatic N) is 1. The van der Waals surface area contributed by atoms with Crippen LogP contribution in [0.25, 0.3) is 0 Å². The van der Waals surface area contributed by atoms with Crippen LogP contribution in [-0.2, 0) is 4.79 Å². The van der Waals surface area contributed by atoms with Crippen molar-refractivity contribution < 1.29 is 19.2 Å². The molecule has 2 aliphatic heterocycles. The molecule has 0 radical (unpaired) electrons. The molecule has 0 unspecified atom stereocenters. The fourth-order valence-electron chi connectivity index (χ4n) is 4.89. The van der Waals surface area contributed by atoms with E-state index in [0.29, 0.717) is 31.3 Å². The van der Waals surface area contributed by atoms with Crippen LogP contribution in [0.15, 0.2) is 24.3 Å². The van der Waals surface area contributed by atoms with Crippen molar-refractivity contribution in [2.75, 3.05) is 51.7 Å². The molecule has 31 heavy (non-hydrogen) atoms. The Hall–Kier alpha value is -2.28. The number of rotatable bonds is 8. The van der Waals surface area contributed by atoms with Crippen molar-refractivity contribution in [1.82, 2.24) is 10.2 Å². The van der Waals surface area contributed by atoms with Gasteiger partial charge in [0.2, 0.25) is 5.91 Å². The molecule has 0 aromatic heterocycles. The predicted octanol–water partition coefficient (Wildman–Crippen LogP) is 2.15. The fourth-order valence-corrected chi connectivity index (χ4v) is 4.89. The van der Waals surface area contributed by atoms with E-state index in [4.69, 9.17) is 4.74 Å². The van der Waals surface area contributed by atoms with E-state index >= 15 is 0 Å². The summed E-state index contributed by atoms with van der Waals surface area (Å²) < 4.78 is 5.23. The molecule has 3 amide bonds. The Labute approximate surface area is 186 Å². The molecule has 0 aliphatic carbocycles. The van der Waals surface area contributed by atoms with E-state index in [1.54, 1.807) is 12.0 Å². The normalized spacial score (nSPS) is 22.1. The van der Waals surface area contributed by atoms with Gasteiger partial charge in [-0.25, -0.2) is 4.79 Å². The number of ether oxygens (including phenoxy) is 1. The van der Waals surface area contributed by atoms with E-state index in [-0.39, 0.29) is 11.9 Å². The number of urea groups is 1. The molecule has 172 valence electrons. The van der Waals surface area contributed by atoms with Gasteiger partial charge >= 0.3 is 6.03 Å². The lowest BCUT2D eigenvalue weighted by atomic mass is 9.81. The molecule has 0 bridgehead atoms. The molecule has 1 aromatic rings. The summed E-state index contributed by atoms with van der Waals surface area (Å²) in [4.78, 5) is 28.7. The number of carbonyl (C=O) groups excluding carboxylic acids is 2. The maximum atomic E-state index is 12.7. The number of methoxy groups -OCH3 is 1. The highest BCUT2D eigenvalue weighted by Gasteiger charge is 2.31. The van der Waals surface area contributed by atoms with Crippen LogP contribution in [0.3, 0.4) is 0 Å². The third-order valence-corrected chi connectivity index (χ3v) is 6.83. The summed E-state index contributed by atoms with van der Waals surface area (Å²) >= 11 is 0. The van der Waals surface area contributed by atoms with Gasteiger partial charge in [-0.3, -0.25) is 4.79 Å². The van der Waals surface area contributed by atoms with Gasteiger partial charge in [0.1, 0.15) is 5.75 Å². The lowest BCUT2D eigenvalue weighted by Crippen LogP contribution is -3.13. The van der Waals surface area contributed by atoms with Crippen LogP contribution >= 0.6 is 0 Å². The molecule has 0 spiro atoms. The summed E-state index contributed by atoms with van der Waals surface area (Å²) in [5.41, 5.74) is 0.731. The topological polar surface area (TPSA) is 75.1 Å². The minimum absolute atomic E-state index is 0.0842. The van der Waals surface area contributed by atoms with Gasteiger partial charge in [-0.1, -0.05) is 19.4 Å². The fraction of sp³-hybridized carbons (Fsp3) is 0.667. The maximum Gasteiger partial charge on any atom is 0.321 e. The average Bonchev–Trinajstić information content (AvgIpc) is 2.80. The number of hydrogen-bond acceptors (Lipinski definition) is 3. The van der Waals surface area contributed by atoms with Gasteiger partial charge in [-0.2, -0.15) is 0 Å². The number of likely N-dealkylation sites (tertiary alicyclic amines) is 2. The lowest BCUT2D eigenvalue weighted by molar-refractivity contribution is -0.903. The van der Waals surface area contributed by atoms with Crippen LogP contribution < -0.4 is 20.3 Å². The van der Waals surface area contributed by atoms with Crippen molar-refractivity contribution in [3.8, 4) is 5.75 Å². The van der Waals surface area contributed by atoms with Crippen molar-refractivity contribution >= 4 is 17.6 Å². The second kappa shape index (κ2) is 11.9. The number of nitrogens with one attached hydrogen (secondary N) is 3. The van der Waals surface area contributed by atoms with Gasteiger partial charge < -0.3 is 25.2 Å². The summed E-state index contributed by atoms with van der Waals surface area (Å²) in [6.45, 7) is 7.82. The summed E-state index contributed by atoms with van der Waals surface area (Å²) in [6.07, 6.45) is 6.38. The Morgan fingerprint density at radius 2 is 2.00 bits per heavy atom. The number of piperidine rings is 2. The second-order valence-corrected chi connectivity index (χ2v) is 8.94. The van der Waals surface area contributed by atoms with Crippen molar-refractivity contribution in [2.24, 2.45) is 11.8 Å². The Balaban J connectivity index is 1.42. The van der Waals surface area contributed by atoms with Crippen LogP contribution in [0.2, 0.25) is 0 Å². The molecule has 2 atom stereocenters. The Morgan fingerprint density at radius 1 is 1.19 bits per heavy atom. The van der Waals surface area contributed by atoms with Crippen molar-refractivity contribution in [2.45, 2.75) is 45.4 Å².